The predicted molar refractivity (Wildman–Crippen MR) is 150 cm³/mol. The normalized spacial score (nSPS) is 16.8. The van der Waals surface area contributed by atoms with Crippen molar-refractivity contribution in [2.45, 2.75) is 52.1 Å². The highest BCUT2D eigenvalue weighted by Gasteiger charge is 2.26. The summed E-state index contributed by atoms with van der Waals surface area (Å²) in [5.41, 5.74) is 4.36. The summed E-state index contributed by atoms with van der Waals surface area (Å²) in [5, 5.41) is 3.72. The molecule has 0 aliphatic carbocycles. The summed E-state index contributed by atoms with van der Waals surface area (Å²) in [7, 11) is 0. The number of pyridine rings is 2. The molecule has 1 fully saturated rings. The van der Waals surface area contributed by atoms with E-state index in [1.807, 2.05) is 19.1 Å². The number of rotatable bonds is 8. The van der Waals surface area contributed by atoms with Gasteiger partial charge in [0.15, 0.2) is 5.65 Å². The fraction of sp³-hybridized carbons (Fsp3) is 0.345. The molecular formula is C29H26ClF2N7O4. The quantitative estimate of drug-likeness (QED) is 0.274. The lowest BCUT2D eigenvalue weighted by atomic mass is 10.0. The van der Waals surface area contributed by atoms with Crippen LogP contribution < -0.4 is 10.5 Å². The number of fused-ring (bicyclic) bond motifs is 2. The van der Waals surface area contributed by atoms with Gasteiger partial charge in [-0.05, 0) is 55.7 Å². The van der Waals surface area contributed by atoms with Crippen molar-refractivity contribution in [2.75, 3.05) is 13.2 Å². The molecule has 2 aliphatic rings. The van der Waals surface area contributed by atoms with E-state index in [9.17, 15) is 13.6 Å². The summed E-state index contributed by atoms with van der Waals surface area (Å²) in [6, 6.07) is 7.82. The Labute approximate surface area is 248 Å². The zero-order valence-corrected chi connectivity index (χ0v) is 23.8. The van der Waals surface area contributed by atoms with Crippen LogP contribution in [-0.2, 0) is 37.4 Å². The number of imidazole rings is 1. The molecular weight excluding hydrogens is 584 g/mol. The van der Waals surface area contributed by atoms with E-state index in [2.05, 4.69) is 29.1 Å². The van der Waals surface area contributed by atoms with E-state index in [0.717, 1.165) is 66.3 Å². The van der Waals surface area contributed by atoms with Crippen molar-refractivity contribution in [3.8, 4) is 17.4 Å². The van der Waals surface area contributed by atoms with Crippen molar-refractivity contribution in [3.05, 3.63) is 85.7 Å². The molecule has 1 aromatic carbocycles. The second-order valence-corrected chi connectivity index (χ2v) is 11.2. The van der Waals surface area contributed by atoms with E-state index in [1.165, 1.54) is 0 Å². The number of hydrogen-bond donors (Lipinski definition) is 1. The molecule has 4 aromatic heterocycles. The van der Waals surface area contributed by atoms with Crippen molar-refractivity contribution in [1.82, 2.24) is 34.6 Å². The third kappa shape index (κ3) is 5.51. The predicted octanol–water partition coefficient (Wildman–Crippen LogP) is 4.34. The van der Waals surface area contributed by atoms with Gasteiger partial charge in [-0.2, -0.15) is 0 Å². The van der Waals surface area contributed by atoms with E-state index in [4.69, 9.17) is 31.0 Å². The Kier molecular flexibility index (Phi) is 7.15. The van der Waals surface area contributed by atoms with Gasteiger partial charge in [0.1, 0.15) is 29.8 Å². The molecule has 0 saturated carbocycles. The number of H-pyrrole nitrogens is 1. The van der Waals surface area contributed by atoms with Gasteiger partial charge in [0.05, 0.1) is 36.0 Å². The lowest BCUT2D eigenvalue weighted by Crippen LogP contribution is -2.34. The Morgan fingerprint density at radius 2 is 1.98 bits per heavy atom. The highest BCUT2D eigenvalue weighted by Crippen LogP contribution is 2.28. The Bertz CT molecular complexity index is 1880. The molecule has 43 heavy (non-hydrogen) atoms. The Balaban J connectivity index is 1.13. The van der Waals surface area contributed by atoms with Gasteiger partial charge in [0, 0.05) is 30.3 Å². The van der Waals surface area contributed by atoms with E-state index in [-0.39, 0.29) is 29.1 Å². The first kappa shape index (κ1) is 27.6. The maximum absolute atomic E-state index is 14.3. The van der Waals surface area contributed by atoms with Gasteiger partial charge in [-0.1, -0.05) is 16.8 Å². The standard InChI is InChI=1S/C29H26ClF2N7O4/c1-15-8-16-4-6-38(12-23(16)34-28(15)42-14-19-20(31)9-17(30)10-21(19)32)13-25-35-27-24(39(25)11-18-5-7-41-18)3-2-22(33-27)26-36-29(40)43-37-26/h2-3,8-10,18H,4-7,11-14H2,1H3,(H,36,37,40)/t18-/m0/s1. The van der Waals surface area contributed by atoms with Gasteiger partial charge < -0.3 is 14.0 Å². The molecule has 0 amide bonds. The van der Waals surface area contributed by atoms with Crippen molar-refractivity contribution in [1.29, 1.82) is 0 Å². The van der Waals surface area contributed by atoms with Gasteiger partial charge in [-0.3, -0.25) is 14.4 Å². The average molecular weight is 610 g/mol. The summed E-state index contributed by atoms with van der Waals surface area (Å²) < 4.78 is 46.9. The third-order valence-electron chi connectivity index (χ3n) is 7.78. The van der Waals surface area contributed by atoms with Crippen LogP contribution in [0.1, 0.15) is 34.6 Å². The number of benzene rings is 1. The molecule has 222 valence electrons. The molecule has 7 rings (SSSR count). The van der Waals surface area contributed by atoms with Crippen LogP contribution in [0.25, 0.3) is 22.7 Å². The molecule has 2 aliphatic heterocycles. The van der Waals surface area contributed by atoms with Gasteiger partial charge in [-0.25, -0.2) is 28.5 Å². The molecule has 14 heteroatoms. The minimum Gasteiger partial charge on any atom is -0.472 e. The highest BCUT2D eigenvalue weighted by atomic mass is 35.5. The number of ether oxygens (including phenoxy) is 2. The molecule has 11 nitrogen and oxygen atoms in total. The molecule has 1 saturated heterocycles. The van der Waals surface area contributed by atoms with Crippen LogP contribution in [0.3, 0.4) is 0 Å². The average Bonchev–Trinajstić information content (AvgIpc) is 3.53. The summed E-state index contributed by atoms with van der Waals surface area (Å²) in [6.07, 6.45) is 1.85. The summed E-state index contributed by atoms with van der Waals surface area (Å²) in [5.74, 6) is -0.803. The second kappa shape index (κ2) is 11.1. The van der Waals surface area contributed by atoms with E-state index in [0.29, 0.717) is 36.9 Å². The number of nitrogens with zero attached hydrogens (tertiary/aromatic N) is 6. The smallest absolute Gasteiger partial charge is 0.439 e. The number of aryl methyl sites for hydroxylation is 1. The molecule has 0 unspecified atom stereocenters. The van der Waals surface area contributed by atoms with Crippen molar-refractivity contribution in [2.24, 2.45) is 0 Å². The lowest BCUT2D eigenvalue weighted by molar-refractivity contribution is -0.0592. The summed E-state index contributed by atoms with van der Waals surface area (Å²) in [6.45, 7) is 4.80. The summed E-state index contributed by atoms with van der Waals surface area (Å²) in [4.78, 5) is 30.4. The highest BCUT2D eigenvalue weighted by molar-refractivity contribution is 6.30. The first-order chi connectivity index (χ1) is 20.8. The summed E-state index contributed by atoms with van der Waals surface area (Å²) >= 11 is 5.75. The van der Waals surface area contributed by atoms with Crippen molar-refractivity contribution >= 4 is 22.8 Å². The van der Waals surface area contributed by atoms with Crippen LogP contribution in [0.4, 0.5) is 8.78 Å². The zero-order chi connectivity index (χ0) is 29.7. The zero-order valence-electron chi connectivity index (χ0n) is 23.1. The molecule has 6 heterocycles. The minimum atomic E-state index is -0.766. The van der Waals surface area contributed by atoms with Gasteiger partial charge in [0.25, 0.3) is 0 Å². The fourth-order valence-corrected chi connectivity index (χ4v) is 5.62. The van der Waals surface area contributed by atoms with Crippen LogP contribution in [0.5, 0.6) is 5.88 Å². The van der Waals surface area contributed by atoms with Crippen LogP contribution in [0.2, 0.25) is 5.02 Å². The maximum atomic E-state index is 14.3. The van der Waals surface area contributed by atoms with Gasteiger partial charge >= 0.3 is 5.76 Å². The number of aromatic amines is 1. The van der Waals surface area contributed by atoms with Crippen LogP contribution in [0, 0.1) is 18.6 Å². The number of halogens is 3. The largest absolute Gasteiger partial charge is 0.472 e. The first-order valence-corrected chi connectivity index (χ1v) is 14.2. The Morgan fingerprint density at radius 1 is 1.16 bits per heavy atom. The molecule has 0 radical (unpaired) electrons. The maximum Gasteiger partial charge on any atom is 0.439 e. The molecule has 0 bridgehead atoms. The molecule has 1 atom stereocenters. The van der Waals surface area contributed by atoms with Crippen LogP contribution >= 0.6 is 11.6 Å². The molecule has 5 aromatic rings. The first-order valence-electron chi connectivity index (χ1n) is 13.8. The van der Waals surface area contributed by atoms with E-state index >= 15 is 0 Å². The topological polar surface area (TPSA) is 124 Å². The van der Waals surface area contributed by atoms with Gasteiger partial charge in [-0.15, -0.1) is 0 Å². The van der Waals surface area contributed by atoms with Crippen molar-refractivity contribution < 1.29 is 22.8 Å². The minimum absolute atomic E-state index is 0.0156. The second-order valence-electron chi connectivity index (χ2n) is 10.7. The third-order valence-corrected chi connectivity index (χ3v) is 8.00. The number of nitrogens with one attached hydrogen (secondary N) is 1. The lowest BCUT2D eigenvalue weighted by Gasteiger charge is -2.30. The van der Waals surface area contributed by atoms with Crippen LogP contribution in [0.15, 0.2) is 39.6 Å². The van der Waals surface area contributed by atoms with Crippen molar-refractivity contribution in [3.63, 3.8) is 0 Å². The van der Waals surface area contributed by atoms with Gasteiger partial charge in [0.2, 0.25) is 11.7 Å². The Morgan fingerprint density at radius 3 is 2.70 bits per heavy atom. The molecule has 1 N–H and O–H groups in total. The SMILES string of the molecule is Cc1cc2c(nc1OCc1c(F)cc(Cl)cc1F)CN(Cc1nc3nc(-c4noc(=O)[nH]4)ccc3n1C[C@@H]1CCO1)CC2. The monoisotopic (exact) mass is 609 g/mol. The number of aromatic nitrogens is 6. The molecule has 0 spiro atoms. The Hall–Kier alpha value is -4.20. The number of hydrogen-bond acceptors (Lipinski definition) is 9. The van der Waals surface area contributed by atoms with Crippen LogP contribution in [-0.4, -0.2) is 53.8 Å². The fourth-order valence-electron chi connectivity index (χ4n) is 5.43. The van der Waals surface area contributed by atoms with E-state index in [1.54, 1.807) is 6.07 Å². The van der Waals surface area contributed by atoms with E-state index < -0.39 is 17.4 Å².